The first-order valence-corrected chi connectivity index (χ1v) is 21.8. The lowest BCUT2D eigenvalue weighted by Crippen LogP contribution is -2.50. The van der Waals surface area contributed by atoms with E-state index in [0.29, 0.717) is 51.0 Å². The maximum absolute atomic E-state index is 13.8. The highest BCUT2D eigenvalue weighted by Crippen LogP contribution is 2.40. The van der Waals surface area contributed by atoms with E-state index in [0.717, 1.165) is 96.9 Å². The molecule has 8 rings (SSSR count). The van der Waals surface area contributed by atoms with Gasteiger partial charge < -0.3 is 24.4 Å². The fraction of sp³-hybridized carbons (Fsp3) is 0.417. The maximum atomic E-state index is 13.8. The predicted molar refractivity (Wildman–Crippen MR) is 251 cm³/mol. The van der Waals surface area contributed by atoms with Crippen LogP contribution in [0.15, 0.2) is 84.9 Å². The number of anilines is 6. The van der Waals surface area contributed by atoms with Gasteiger partial charge in [0.2, 0.25) is 11.8 Å². The molecule has 2 unspecified atom stereocenters. The Morgan fingerprint density at radius 2 is 0.891 bits per heavy atom. The van der Waals surface area contributed by atoms with Crippen LogP contribution in [0.1, 0.15) is 49.9 Å². The average Bonchev–Trinajstić information content (AvgIpc) is 3.56. The van der Waals surface area contributed by atoms with Crippen molar-refractivity contribution >= 4 is 70.5 Å². The second-order valence-corrected chi connectivity index (χ2v) is 15.6. The summed E-state index contributed by atoms with van der Waals surface area (Å²) in [4.78, 5) is 59.6. The summed E-state index contributed by atoms with van der Waals surface area (Å²) in [7, 11) is 0. The number of ether oxygens (including phenoxy) is 4. The zero-order valence-electron chi connectivity index (χ0n) is 37.1. The Morgan fingerprint density at radius 1 is 0.547 bits per heavy atom. The van der Waals surface area contributed by atoms with E-state index in [1.807, 2.05) is 96.4 Å². The Labute approximate surface area is 381 Å². The summed E-state index contributed by atoms with van der Waals surface area (Å²) < 4.78 is 21.0. The number of halogens is 1. The van der Waals surface area contributed by atoms with Crippen molar-refractivity contribution in [3.05, 3.63) is 107 Å². The number of rotatable bonds is 8. The zero-order valence-corrected chi connectivity index (χ0v) is 37.9. The number of amides is 4. The summed E-state index contributed by atoms with van der Waals surface area (Å²) >= 11 is 0. The number of carbonyl (C=O) groups excluding carboxylic acids is 4. The molecule has 0 bridgehead atoms. The molecule has 0 aromatic heterocycles. The van der Waals surface area contributed by atoms with Crippen molar-refractivity contribution in [1.82, 2.24) is 9.80 Å². The van der Waals surface area contributed by atoms with Gasteiger partial charge in [-0.15, -0.1) is 12.4 Å². The van der Waals surface area contributed by atoms with Crippen LogP contribution >= 0.6 is 12.4 Å². The molecular weight excluding hydrogens is 840 g/mol. The number of fused-ring (bicyclic) bond motifs is 4. The Hall–Kier alpha value is -5.55. The van der Waals surface area contributed by atoms with Crippen LogP contribution in [0, 0.1) is 0 Å². The molecule has 0 radical (unpaired) electrons. The van der Waals surface area contributed by atoms with Crippen molar-refractivity contribution in [1.29, 1.82) is 0 Å². The molecule has 4 aromatic rings. The fourth-order valence-electron chi connectivity index (χ4n) is 8.46. The van der Waals surface area contributed by atoms with E-state index in [1.165, 1.54) is 0 Å². The molecule has 0 aliphatic carbocycles. The number of carbonyl (C=O) groups is 4. The first-order chi connectivity index (χ1) is 30.2. The topological polar surface area (TPSA) is 174 Å². The minimum atomic E-state index is -0.504. The van der Waals surface area contributed by atoms with Gasteiger partial charge in [-0.25, -0.2) is 9.59 Å². The molecule has 4 heterocycles. The molecule has 16 heteroatoms. The summed E-state index contributed by atoms with van der Waals surface area (Å²) in [6.07, 6.45) is 2.34. The quantitative estimate of drug-likeness (QED) is 0.186. The van der Waals surface area contributed by atoms with Crippen LogP contribution in [0.2, 0.25) is 0 Å². The van der Waals surface area contributed by atoms with Gasteiger partial charge in [-0.2, -0.15) is 0 Å². The molecule has 0 spiro atoms. The molecule has 15 nitrogen and oxygen atoms in total. The number of hydrogen-bond acceptors (Lipinski definition) is 10. The molecule has 4 N–H and O–H groups in total. The third-order valence-electron chi connectivity index (χ3n) is 11.8. The molecule has 344 valence electrons. The first kappa shape index (κ1) is 49.5. The van der Waals surface area contributed by atoms with Crippen molar-refractivity contribution in [2.45, 2.75) is 65.5 Å². The number of aryl methyl sites for hydroxylation is 4. The van der Waals surface area contributed by atoms with Gasteiger partial charge in [0.25, 0.3) is 0 Å². The first-order valence-electron chi connectivity index (χ1n) is 21.8. The summed E-state index contributed by atoms with van der Waals surface area (Å²) in [6.45, 7) is 13.5. The normalized spacial score (nSPS) is 16.6. The Morgan fingerprint density at radius 3 is 1.25 bits per heavy atom. The highest BCUT2D eigenvalue weighted by Gasteiger charge is 2.34. The lowest BCUT2D eigenvalue weighted by molar-refractivity contribution is -0.124. The predicted octanol–water partition coefficient (Wildman–Crippen LogP) is 7.08. The zero-order chi connectivity index (χ0) is 43.6. The van der Waals surface area contributed by atoms with Crippen molar-refractivity contribution in [3.8, 4) is 0 Å². The second kappa shape index (κ2) is 23.4. The monoisotopic (exact) mass is 900 g/mol. The number of benzene rings is 4. The van der Waals surface area contributed by atoms with E-state index in [2.05, 4.69) is 32.6 Å². The van der Waals surface area contributed by atoms with Crippen LogP contribution in [0.3, 0.4) is 0 Å². The number of para-hydroxylation sites is 2. The van der Waals surface area contributed by atoms with Gasteiger partial charge in [0.15, 0.2) is 0 Å². The number of nitrogens with zero attached hydrogens (tertiary/aromatic N) is 4. The fourth-order valence-corrected chi connectivity index (χ4v) is 8.46. The molecule has 2 atom stereocenters. The third-order valence-corrected chi connectivity index (χ3v) is 11.8. The SMILES string of the molecule is CCOC(=O)Nc1ccc2c(c1)N(C(=O)C(C)N1CCOCC1)c1ccccc1CC2.CCOC(=O)Nc1ccc2c(c1)N(C(=O)C(C)N1CCOCC1)c1ccccc1CC2.Cl.O. The van der Waals surface area contributed by atoms with E-state index < -0.39 is 12.2 Å². The lowest BCUT2D eigenvalue weighted by Gasteiger charge is -2.35. The Balaban J connectivity index is 0.000000234. The van der Waals surface area contributed by atoms with Crippen molar-refractivity contribution < 1.29 is 43.6 Å². The number of morpholine rings is 2. The van der Waals surface area contributed by atoms with Crippen LogP contribution in [-0.2, 0) is 54.2 Å². The molecule has 2 saturated heterocycles. The van der Waals surface area contributed by atoms with Crippen molar-refractivity contribution in [3.63, 3.8) is 0 Å². The largest absolute Gasteiger partial charge is 0.450 e. The molecular formula is C48H61ClN6O9. The lowest BCUT2D eigenvalue weighted by atomic mass is 10.0. The van der Waals surface area contributed by atoms with Gasteiger partial charge in [-0.1, -0.05) is 48.5 Å². The highest BCUT2D eigenvalue weighted by molar-refractivity contribution is 6.06. The molecule has 2 fully saturated rings. The van der Waals surface area contributed by atoms with E-state index >= 15 is 0 Å². The standard InChI is InChI=1S/2C24H29N3O4.ClH.H2O/c2*1-3-31-24(29)25-20-11-10-19-9-8-18-6-4-5-7-21(18)27(22(19)16-20)23(28)17(2)26-12-14-30-15-13-26;;/h2*4-7,10-11,16-17H,3,8-9,12-15H2,1-2H3,(H,25,29);1H;1H2. The van der Waals surface area contributed by atoms with Crippen LogP contribution in [-0.4, -0.2) is 117 Å². The van der Waals surface area contributed by atoms with Crippen LogP contribution in [0.25, 0.3) is 0 Å². The average molecular weight is 902 g/mol. The minimum absolute atomic E-state index is 0. The Kier molecular flexibility index (Phi) is 18.1. The molecule has 4 aliphatic heterocycles. The highest BCUT2D eigenvalue weighted by atomic mass is 35.5. The van der Waals surface area contributed by atoms with Gasteiger partial charge in [-0.05, 0) is 112 Å². The van der Waals surface area contributed by atoms with Crippen LogP contribution in [0.5, 0.6) is 0 Å². The summed E-state index contributed by atoms with van der Waals surface area (Å²) in [5.41, 5.74) is 9.07. The van der Waals surface area contributed by atoms with E-state index in [4.69, 9.17) is 18.9 Å². The van der Waals surface area contributed by atoms with Gasteiger partial charge in [0.05, 0.1) is 74.5 Å². The van der Waals surface area contributed by atoms with Gasteiger partial charge in [-0.3, -0.25) is 39.8 Å². The molecule has 4 amide bonds. The van der Waals surface area contributed by atoms with Gasteiger partial charge in [0, 0.05) is 37.6 Å². The maximum Gasteiger partial charge on any atom is 0.411 e. The summed E-state index contributed by atoms with van der Waals surface area (Å²) in [5, 5.41) is 5.53. The third kappa shape index (κ3) is 11.6. The minimum Gasteiger partial charge on any atom is -0.450 e. The molecule has 4 aliphatic rings. The smallest absolute Gasteiger partial charge is 0.411 e. The summed E-state index contributed by atoms with van der Waals surface area (Å²) in [6, 6.07) is 27.0. The molecule has 4 aromatic carbocycles. The summed E-state index contributed by atoms with van der Waals surface area (Å²) in [5.74, 6) is 0.0385. The Bertz CT molecular complexity index is 2080. The van der Waals surface area contributed by atoms with Crippen molar-refractivity contribution in [2.75, 3.05) is 86.3 Å². The number of hydrogen-bond donors (Lipinski definition) is 2. The molecule has 64 heavy (non-hydrogen) atoms. The van der Waals surface area contributed by atoms with E-state index in [9.17, 15) is 19.2 Å². The second-order valence-electron chi connectivity index (χ2n) is 15.6. The van der Waals surface area contributed by atoms with Gasteiger partial charge >= 0.3 is 12.2 Å². The van der Waals surface area contributed by atoms with Crippen LogP contribution in [0.4, 0.5) is 43.7 Å². The van der Waals surface area contributed by atoms with Crippen molar-refractivity contribution in [2.24, 2.45) is 0 Å². The van der Waals surface area contributed by atoms with Crippen LogP contribution < -0.4 is 20.4 Å². The number of nitrogens with one attached hydrogen (secondary N) is 2. The van der Waals surface area contributed by atoms with E-state index in [-0.39, 0.29) is 41.8 Å². The molecule has 0 saturated carbocycles. The van der Waals surface area contributed by atoms with Gasteiger partial charge in [0.1, 0.15) is 0 Å². The van der Waals surface area contributed by atoms with E-state index in [1.54, 1.807) is 13.8 Å².